The van der Waals surface area contributed by atoms with Crippen molar-refractivity contribution in [2.24, 2.45) is 5.92 Å². The van der Waals surface area contributed by atoms with Crippen molar-refractivity contribution in [1.82, 2.24) is 5.32 Å². The maximum atomic E-state index is 12.8. The van der Waals surface area contributed by atoms with Gasteiger partial charge in [0, 0.05) is 25.6 Å². The molecule has 1 atom stereocenters. The van der Waals surface area contributed by atoms with Gasteiger partial charge in [0.25, 0.3) is 0 Å². The highest BCUT2D eigenvalue weighted by atomic mass is 35.5. The summed E-state index contributed by atoms with van der Waals surface area (Å²) < 4.78 is 20.5. The Morgan fingerprint density at radius 1 is 1.03 bits per heavy atom. The zero-order valence-corrected chi connectivity index (χ0v) is 19.5. The Morgan fingerprint density at radius 2 is 1.73 bits per heavy atom. The number of rotatable bonds is 8. The monoisotopic (exact) mass is 476 g/mol. The van der Waals surface area contributed by atoms with E-state index in [1.807, 2.05) is 0 Å². The minimum Gasteiger partial charge on any atom is -0.496 e. The van der Waals surface area contributed by atoms with Gasteiger partial charge in [-0.25, -0.2) is 4.79 Å². The molecule has 1 saturated heterocycles. The summed E-state index contributed by atoms with van der Waals surface area (Å²) in [5, 5.41) is 3.15. The van der Waals surface area contributed by atoms with Crippen molar-refractivity contribution < 1.29 is 33.3 Å². The lowest BCUT2D eigenvalue weighted by atomic mass is 10.1. The number of nitrogens with zero attached hydrogens (tertiary/aromatic N) is 1. The zero-order valence-electron chi connectivity index (χ0n) is 18.8. The molecule has 0 spiro atoms. The lowest BCUT2D eigenvalue weighted by Crippen LogP contribution is -2.32. The number of nitrogens with one attached hydrogen (secondary N) is 1. The van der Waals surface area contributed by atoms with E-state index in [-0.39, 0.29) is 36.9 Å². The maximum Gasteiger partial charge on any atom is 0.341 e. The number of benzene rings is 2. The third kappa shape index (κ3) is 5.14. The number of ether oxygens (including phenoxy) is 4. The number of hydrogen-bond donors (Lipinski definition) is 1. The van der Waals surface area contributed by atoms with Crippen molar-refractivity contribution in [1.29, 1.82) is 0 Å². The summed E-state index contributed by atoms with van der Waals surface area (Å²) in [6.45, 7) is 0.356. The Morgan fingerprint density at radius 3 is 2.36 bits per heavy atom. The number of anilines is 1. The average molecular weight is 477 g/mol. The summed E-state index contributed by atoms with van der Waals surface area (Å²) >= 11 is 6.23. The summed E-state index contributed by atoms with van der Waals surface area (Å²) in [4.78, 5) is 38.9. The molecule has 2 aromatic rings. The molecule has 0 aliphatic carbocycles. The first-order chi connectivity index (χ1) is 15.8. The van der Waals surface area contributed by atoms with E-state index in [4.69, 9.17) is 30.5 Å². The summed E-state index contributed by atoms with van der Waals surface area (Å²) in [5.74, 6) is -0.373. The van der Waals surface area contributed by atoms with Crippen LogP contribution in [0.4, 0.5) is 5.69 Å². The van der Waals surface area contributed by atoms with Gasteiger partial charge in [0.1, 0.15) is 22.8 Å². The van der Waals surface area contributed by atoms with Crippen molar-refractivity contribution >= 4 is 35.1 Å². The van der Waals surface area contributed by atoms with Crippen molar-refractivity contribution in [3.8, 4) is 17.2 Å². The lowest BCUT2D eigenvalue weighted by Gasteiger charge is -2.21. The van der Waals surface area contributed by atoms with E-state index in [0.717, 1.165) is 0 Å². The Labute approximate surface area is 196 Å². The van der Waals surface area contributed by atoms with Crippen LogP contribution in [0.15, 0.2) is 30.3 Å². The Kier molecular flexibility index (Phi) is 7.65. The van der Waals surface area contributed by atoms with E-state index in [0.29, 0.717) is 33.5 Å². The third-order valence-corrected chi connectivity index (χ3v) is 5.67. The van der Waals surface area contributed by atoms with Crippen molar-refractivity contribution in [2.45, 2.75) is 13.0 Å². The molecule has 0 saturated carbocycles. The number of carbonyl (C=O) groups excluding carboxylic acids is 3. The van der Waals surface area contributed by atoms with Crippen LogP contribution in [-0.2, 0) is 20.9 Å². The van der Waals surface area contributed by atoms with Gasteiger partial charge in [0.05, 0.1) is 45.1 Å². The van der Waals surface area contributed by atoms with Gasteiger partial charge in [-0.3, -0.25) is 9.59 Å². The quantitative estimate of drug-likeness (QED) is 0.584. The molecule has 1 fully saturated rings. The standard InChI is InChI=1S/C23H25ClN2O7/c1-30-18-6-5-13(7-15(18)23(29)33-4)11-25-22(28)14-8-21(27)26(12-14)17-9-16(24)19(31-2)10-20(17)32-3/h5-7,9-10,14H,8,11-12H2,1-4H3,(H,25,28). The second-order valence-corrected chi connectivity index (χ2v) is 7.72. The minimum atomic E-state index is -0.554. The molecule has 0 aromatic heterocycles. The topological polar surface area (TPSA) is 103 Å². The molecule has 176 valence electrons. The van der Waals surface area contributed by atoms with Gasteiger partial charge in [0.15, 0.2) is 0 Å². The maximum absolute atomic E-state index is 12.8. The molecule has 9 nitrogen and oxygen atoms in total. The molecule has 0 radical (unpaired) electrons. The van der Waals surface area contributed by atoms with E-state index in [1.54, 1.807) is 30.3 Å². The van der Waals surface area contributed by atoms with E-state index >= 15 is 0 Å². The average Bonchev–Trinajstić information content (AvgIpc) is 3.22. The highest BCUT2D eigenvalue weighted by Gasteiger charge is 2.36. The molecule has 2 amide bonds. The Balaban J connectivity index is 1.70. The highest BCUT2D eigenvalue weighted by molar-refractivity contribution is 6.32. The first-order valence-electron chi connectivity index (χ1n) is 10.1. The fourth-order valence-electron chi connectivity index (χ4n) is 3.64. The second-order valence-electron chi connectivity index (χ2n) is 7.31. The largest absolute Gasteiger partial charge is 0.496 e. The molecule has 1 unspecified atom stereocenters. The van der Waals surface area contributed by atoms with Crippen LogP contribution in [0, 0.1) is 5.92 Å². The van der Waals surface area contributed by atoms with E-state index < -0.39 is 11.9 Å². The van der Waals surface area contributed by atoms with Crippen LogP contribution in [0.25, 0.3) is 0 Å². The van der Waals surface area contributed by atoms with Crippen LogP contribution in [-0.4, -0.2) is 52.8 Å². The molecular formula is C23H25ClN2O7. The molecule has 1 aliphatic rings. The molecule has 33 heavy (non-hydrogen) atoms. The van der Waals surface area contributed by atoms with Crippen molar-refractivity contribution in [3.05, 3.63) is 46.5 Å². The van der Waals surface area contributed by atoms with Crippen molar-refractivity contribution in [2.75, 3.05) is 39.9 Å². The molecule has 10 heteroatoms. The minimum absolute atomic E-state index is 0.0503. The van der Waals surface area contributed by atoms with Crippen LogP contribution in [0.3, 0.4) is 0 Å². The van der Waals surface area contributed by atoms with E-state index in [1.165, 1.54) is 33.3 Å². The first kappa shape index (κ1) is 24.2. The Hall–Kier alpha value is -3.46. The number of esters is 1. The number of methoxy groups -OCH3 is 4. The summed E-state index contributed by atoms with van der Waals surface area (Å²) in [6.07, 6.45) is 0.0503. The van der Waals surface area contributed by atoms with Crippen LogP contribution < -0.4 is 24.4 Å². The fraction of sp³-hybridized carbons (Fsp3) is 0.348. The number of amides is 2. The van der Waals surface area contributed by atoms with E-state index in [2.05, 4.69) is 5.32 Å². The zero-order chi connectivity index (χ0) is 24.1. The molecular weight excluding hydrogens is 452 g/mol. The molecule has 1 N–H and O–H groups in total. The van der Waals surface area contributed by atoms with Crippen molar-refractivity contribution in [3.63, 3.8) is 0 Å². The summed E-state index contributed by atoms with van der Waals surface area (Å²) in [6, 6.07) is 8.15. The molecule has 1 aliphatic heterocycles. The van der Waals surface area contributed by atoms with Crippen LogP contribution in [0.5, 0.6) is 17.2 Å². The van der Waals surface area contributed by atoms with Crippen LogP contribution >= 0.6 is 11.6 Å². The summed E-state index contributed by atoms with van der Waals surface area (Å²) in [7, 11) is 5.70. The molecule has 0 bridgehead atoms. The summed E-state index contributed by atoms with van der Waals surface area (Å²) in [5.41, 5.74) is 1.42. The lowest BCUT2D eigenvalue weighted by molar-refractivity contribution is -0.126. The van der Waals surface area contributed by atoms with Crippen LogP contribution in [0.1, 0.15) is 22.3 Å². The number of hydrogen-bond acceptors (Lipinski definition) is 7. The first-order valence-corrected chi connectivity index (χ1v) is 10.5. The van der Waals surface area contributed by atoms with Gasteiger partial charge >= 0.3 is 5.97 Å². The fourth-order valence-corrected chi connectivity index (χ4v) is 3.87. The molecule has 3 rings (SSSR count). The van der Waals surface area contributed by atoms with Gasteiger partial charge in [-0.1, -0.05) is 17.7 Å². The van der Waals surface area contributed by atoms with Gasteiger partial charge in [-0.05, 0) is 23.8 Å². The molecule has 2 aromatic carbocycles. The predicted octanol–water partition coefficient (Wildman–Crippen LogP) is 2.82. The molecule has 1 heterocycles. The van der Waals surface area contributed by atoms with E-state index in [9.17, 15) is 14.4 Å². The predicted molar refractivity (Wildman–Crippen MR) is 121 cm³/mol. The van der Waals surface area contributed by atoms with Gasteiger partial charge < -0.3 is 29.2 Å². The van der Waals surface area contributed by atoms with Crippen LogP contribution in [0.2, 0.25) is 5.02 Å². The Bertz CT molecular complexity index is 1070. The van der Waals surface area contributed by atoms with Gasteiger partial charge in [-0.15, -0.1) is 0 Å². The third-order valence-electron chi connectivity index (χ3n) is 5.38. The number of halogens is 1. The van der Waals surface area contributed by atoms with Gasteiger partial charge in [0.2, 0.25) is 11.8 Å². The normalized spacial score (nSPS) is 15.2. The SMILES string of the molecule is COC(=O)c1cc(CNC(=O)C2CC(=O)N(c3cc(Cl)c(OC)cc3OC)C2)ccc1OC. The second kappa shape index (κ2) is 10.4. The number of carbonyl (C=O) groups is 3. The smallest absolute Gasteiger partial charge is 0.341 e. The highest BCUT2D eigenvalue weighted by Crippen LogP contribution is 2.40. The van der Waals surface area contributed by atoms with Gasteiger partial charge in [-0.2, -0.15) is 0 Å².